The Morgan fingerprint density at radius 3 is 2.90 bits per heavy atom. The van der Waals surface area contributed by atoms with Crippen molar-refractivity contribution in [2.45, 2.75) is 45.1 Å². The highest BCUT2D eigenvalue weighted by atomic mass is 16.5. The minimum absolute atomic E-state index is 0.177. The Labute approximate surface area is 119 Å². The van der Waals surface area contributed by atoms with E-state index >= 15 is 0 Å². The fraction of sp³-hybridized carbons (Fsp3) is 0.471. The molecule has 1 heterocycles. The maximum atomic E-state index is 10.9. The van der Waals surface area contributed by atoms with Gasteiger partial charge in [-0.3, -0.25) is 4.79 Å². The molecule has 0 saturated carbocycles. The third-order valence-electron chi connectivity index (χ3n) is 4.72. The van der Waals surface area contributed by atoms with Crippen LogP contribution in [0, 0.1) is 5.92 Å². The van der Waals surface area contributed by atoms with Gasteiger partial charge in [-0.25, -0.2) is 0 Å². The molecular weight excluding hydrogens is 252 g/mol. The van der Waals surface area contributed by atoms with Crippen LogP contribution in [0.15, 0.2) is 23.8 Å². The number of carbonyl (C=O) groups is 1. The Kier molecular flexibility index (Phi) is 3.08. The normalized spacial score (nSPS) is 28.5. The van der Waals surface area contributed by atoms with Crippen molar-refractivity contribution in [1.29, 1.82) is 0 Å². The fourth-order valence-corrected chi connectivity index (χ4v) is 3.37. The van der Waals surface area contributed by atoms with E-state index in [0.29, 0.717) is 23.7 Å². The van der Waals surface area contributed by atoms with E-state index in [0.717, 1.165) is 31.1 Å². The molecule has 2 aliphatic rings. The van der Waals surface area contributed by atoms with Crippen LogP contribution in [0.25, 0.3) is 0 Å². The van der Waals surface area contributed by atoms with Gasteiger partial charge >= 0.3 is 0 Å². The third kappa shape index (κ3) is 2.11. The lowest BCUT2D eigenvalue weighted by Gasteiger charge is -2.35. The first kappa shape index (κ1) is 13.2. The van der Waals surface area contributed by atoms with Crippen LogP contribution < -0.4 is 4.74 Å². The number of aldehydes is 1. The molecule has 0 aromatic heterocycles. The highest BCUT2D eigenvalue weighted by Crippen LogP contribution is 2.46. The van der Waals surface area contributed by atoms with Crippen LogP contribution in [-0.2, 0) is 6.42 Å². The van der Waals surface area contributed by atoms with Gasteiger partial charge in [0.2, 0.25) is 0 Å². The van der Waals surface area contributed by atoms with E-state index in [-0.39, 0.29) is 11.4 Å². The summed E-state index contributed by atoms with van der Waals surface area (Å²) < 4.78 is 6.14. The molecule has 3 heteroatoms. The van der Waals surface area contributed by atoms with Gasteiger partial charge in [-0.15, -0.1) is 0 Å². The van der Waals surface area contributed by atoms with Crippen molar-refractivity contribution < 1.29 is 14.6 Å². The zero-order chi connectivity index (χ0) is 14.3. The van der Waals surface area contributed by atoms with Crippen LogP contribution in [0.3, 0.4) is 0 Å². The largest absolute Gasteiger partial charge is 0.508 e. The number of phenolic OH excluding ortho intramolecular Hbond substituents is 1. The zero-order valence-corrected chi connectivity index (χ0v) is 12.0. The van der Waals surface area contributed by atoms with Crippen molar-refractivity contribution in [3.05, 3.63) is 34.9 Å². The van der Waals surface area contributed by atoms with Crippen LogP contribution in [0.4, 0.5) is 0 Å². The molecule has 1 unspecified atom stereocenters. The summed E-state index contributed by atoms with van der Waals surface area (Å²) in [5, 5.41) is 10.1. The lowest BCUT2D eigenvalue weighted by molar-refractivity contribution is 0.0420. The molecule has 0 fully saturated rings. The van der Waals surface area contributed by atoms with Crippen molar-refractivity contribution in [1.82, 2.24) is 0 Å². The number of ether oxygens (including phenoxy) is 1. The minimum Gasteiger partial charge on any atom is -0.508 e. The summed E-state index contributed by atoms with van der Waals surface area (Å²) in [4.78, 5) is 10.9. The second-order valence-corrected chi connectivity index (χ2v) is 6.25. The molecule has 3 rings (SSSR count). The van der Waals surface area contributed by atoms with Gasteiger partial charge < -0.3 is 9.84 Å². The van der Waals surface area contributed by atoms with Crippen LogP contribution in [0.2, 0.25) is 0 Å². The number of aromatic hydroxyl groups is 1. The van der Waals surface area contributed by atoms with Gasteiger partial charge in [0.05, 0.1) is 0 Å². The average Bonchev–Trinajstić information content (AvgIpc) is 2.77. The zero-order valence-electron chi connectivity index (χ0n) is 12.0. The van der Waals surface area contributed by atoms with Gasteiger partial charge in [0.25, 0.3) is 0 Å². The van der Waals surface area contributed by atoms with Crippen molar-refractivity contribution in [3.63, 3.8) is 0 Å². The van der Waals surface area contributed by atoms with Gasteiger partial charge in [0.1, 0.15) is 23.4 Å². The molecule has 1 aliphatic carbocycles. The number of fused-ring (bicyclic) bond motifs is 1. The highest BCUT2D eigenvalue weighted by Gasteiger charge is 2.43. The lowest BCUT2D eigenvalue weighted by atomic mass is 9.76. The van der Waals surface area contributed by atoms with Crippen LogP contribution >= 0.6 is 0 Å². The van der Waals surface area contributed by atoms with Gasteiger partial charge in [-0.05, 0) is 45.2 Å². The summed E-state index contributed by atoms with van der Waals surface area (Å²) >= 11 is 0. The predicted molar refractivity (Wildman–Crippen MR) is 77.3 cm³/mol. The fourth-order valence-electron chi connectivity index (χ4n) is 3.37. The molecule has 0 saturated heterocycles. The van der Waals surface area contributed by atoms with Crippen LogP contribution in [0.1, 0.15) is 49.0 Å². The third-order valence-corrected chi connectivity index (χ3v) is 4.72. The quantitative estimate of drug-likeness (QED) is 0.660. The summed E-state index contributed by atoms with van der Waals surface area (Å²) in [5.41, 5.74) is 2.47. The highest BCUT2D eigenvalue weighted by molar-refractivity contribution is 5.77. The van der Waals surface area contributed by atoms with Crippen LogP contribution in [-0.4, -0.2) is 17.0 Å². The van der Waals surface area contributed by atoms with Crippen molar-refractivity contribution in [2.24, 2.45) is 5.92 Å². The molecule has 0 amide bonds. The molecule has 1 aliphatic heterocycles. The monoisotopic (exact) mass is 272 g/mol. The molecule has 0 spiro atoms. The summed E-state index contributed by atoms with van der Waals surface area (Å²) in [7, 11) is 0. The first-order chi connectivity index (χ1) is 9.51. The first-order valence-corrected chi connectivity index (χ1v) is 7.17. The number of rotatable bonds is 2. The predicted octanol–water partition coefficient (Wildman–Crippen LogP) is 3.64. The Morgan fingerprint density at radius 2 is 2.25 bits per heavy atom. The molecule has 0 radical (unpaired) electrons. The van der Waals surface area contributed by atoms with E-state index in [1.165, 1.54) is 11.6 Å². The topological polar surface area (TPSA) is 46.5 Å². The van der Waals surface area contributed by atoms with Gasteiger partial charge in [0.15, 0.2) is 0 Å². The molecule has 2 atom stereocenters. The Bertz CT molecular complexity index is 588. The summed E-state index contributed by atoms with van der Waals surface area (Å²) in [6, 6.07) is 3.25. The number of benzene rings is 1. The van der Waals surface area contributed by atoms with E-state index in [1.807, 2.05) is 0 Å². The maximum absolute atomic E-state index is 10.9. The lowest BCUT2D eigenvalue weighted by Crippen LogP contribution is -2.40. The van der Waals surface area contributed by atoms with E-state index in [2.05, 4.69) is 19.9 Å². The smallest absolute Gasteiger partial charge is 0.150 e. The maximum Gasteiger partial charge on any atom is 0.150 e. The molecular formula is C17H20O3. The van der Waals surface area contributed by atoms with Gasteiger partial charge in [-0.1, -0.05) is 11.6 Å². The minimum atomic E-state index is -0.279. The standard InChI is InChI=1S/C17H20O3/c1-11-3-5-13(6-4-11)17(2)9-14-15(19)7-12(10-18)8-16(14)20-17/h3,7-8,10,13,19H,4-6,9H2,1-2H3/t13?,17-/m0/s1. The molecule has 1 N–H and O–H groups in total. The summed E-state index contributed by atoms with van der Waals surface area (Å²) in [6.45, 7) is 4.29. The molecule has 1 aromatic rings. The van der Waals surface area contributed by atoms with Crippen molar-refractivity contribution in [2.75, 3.05) is 0 Å². The van der Waals surface area contributed by atoms with Crippen molar-refractivity contribution >= 4 is 6.29 Å². The number of hydrogen-bond donors (Lipinski definition) is 1. The SMILES string of the molecule is CC1=CCC([C@]2(C)Cc3c(O)cc(C=O)cc3O2)CC1. The number of carbonyl (C=O) groups excluding carboxylic acids is 1. The Hall–Kier alpha value is -1.77. The first-order valence-electron chi connectivity index (χ1n) is 7.17. The number of hydrogen-bond acceptors (Lipinski definition) is 3. The van der Waals surface area contributed by atoms with Crippen LogP contribution in [0.5, 0.6) is 11.5 Å². The molecule has 1 aromatic carbocycles. The second kappa shape index (κ2) is 4.65. The van der Waals surface area contributed by atoms with Gasteiger partial charge in [0, 0.05) is 23.5 Å². The number of phenols is 1. The van der Waals surface area contributed by atoms with E-state index in [4.69, 9.17) is 4.74 Å². The van der Waals surface area contributed by atoms with E-state index < -0.39 is 0 Å². The summed E-state index contributed by atoms with van der Waals surface area (Å²) in [6.07, 6.45) is 7.01. The van der Waals surface area contributed by atoms with E-state index in [9.17, 15) is 9.90 Å². The molecule has 20 heavy (non-hydrogen) atoms. The average molecular weight is 272 g/mol. The molecule has 3 nitrogen and oxygen atoms in total. The molecule has 0 bridgehead atoms. The summed E-state index contributed by atoms with van der Waals surface area (Å²) in [5.74, 6) is 1.30. The molecule has 106 valence electrons. The number of allylic oxidation sites excluding steroid dienone is 2. The van der Waals surface area contributed by atoms with Gasteiger partial charge in [-0.2, -0.15) is 0 Å². The second-order valence-electron chi connectivity index (χ2n) is 6.25. The van der Waals surface area contributed by atoms with E-state index in [1.54, 1.807) is 6.07 Å². The Morgan fingerprint density at radius 1 is 1.45 bits per heavy atom. The van der Waals surface area contributed by atoms with Crippen molar-refractivity contribution in [3.8, 4) is 11.5 Å². The Balaban J connectivity index is 1.89.